The van der Waals surface area contributed by atoms with Crippen LogP contribution in [0.25, 0.3) is 0 Å². The van der Waals surface area contributed by atoms with Gasteiger partial charge in [0.25, 0.3) is 0 Å². The van der Waals surface area contributed by atoms with Crippen LogP contribution in [0.2, 0.25) is 0 Å². The predicted molar refractivity (Wildman–Crippen MR) is 63.7 cm³/mol. The molecule has 2 aliphatic rings. The lowest BCUT2D eigenvalue weighted by molar-refractivity contribution is 0.101. The molecular formula is C12H22N2O3. The second-order valence-corrected chi connectivity index (χ2v) is 5.10. The number of rotatable bonds is 3. The summed E-state index contributed by atoms with van der Waals surface area (Å²) in [4.78, 5) is 11.6. The first-order valence-corrected chi connectivity index (χ1v) is 6.54. The van der Waals surface area contributed by atoms with Gasteiger partial charge in [-0.15, -0.1) is 0 Å². The second kappa shape index (κ2) is 6.21. The first kappa shape index (κ1) is 12.6. The second-order valence-electron chi connectivity index (χ2n) is 5.10. The molecule has 17 heavy (non-hydrogen) atoms. The fourth-order valence-corrected chi connectivity index (χ4v) is 2.57. The van der Waals surface area contributed by atoms with Crippen LogP contribution in [0.5, 0.6) is 0 Å². The van der Waals surface area contributed by atoms with Crippen molar-refractivity contribution in [3.8, 4) is 0 Å². The quantitative estimate of drug-likeness (QED) is 0.679. The molecule has 1 aliphatic carbocycles. The Labute approximate surface area is 102 Å². The van der Waals surface area contributed by atoms with E-state index in [2.05, 4.69) is 10.6 Å². The first-order valence-electron chi connectivity index (χ1n) is 6.54. The fourth-order valence-electron chi connectivity index (χ4n) is 2.57. The molecule has 0 bridgehead atoms. The van der Waals surface area contributed by atoms with E-state index in [1.165, 1.54) is 0 Å². The van der Waals surface area contributed by atoms with E-state index in [0.29, 0.717) is 19.1 Å². The minimum absolute atomic E-state index is 0.111. The summed E-state index contributed by atoms with van der Waals surface area (Å²) in [5, 5.41) is 15.3. The highest BCUT2D eigenvalue weighted by Crippen LogP contribution is 2.23. The van der Waals surface area contributed by atoms with Crippen molar-refractivity contribution in [2.45, 2.75) is 44.2 Å². The van der Waals surface area contributed by atoms with E-state index in [4.69, 9.17) is 4.74 Å². The Kier molecular flexibility index (Phi) is 4.62. The fraction of sp³-hybridized carbons (Fsp3) is 0.917. The number of carbonyl (C=O) groups is 1. The molecule has 3 N–H and O–H groups in total. The number of ether oxygens (including phenoxy) is 1. The zero-order valence-corrected chi connectivity index (χ0v) is 10.2. The monoisotopic (exact) mass is 242 g/mol. The standard InChI is InChI=1S/C12H22N2O3/c15-11-3-1-2-9(6-11)7-13-12(16)14-10-4-5-17-8-10/h9-11,15H,1-8H2,(H2,13,14,16). The Morgan fingerprint density at radius 3 is 2.94 bits per heavy atom. The molecule has 2 amide bonds. The van der Waals surface area contributed by atoms with Crippen LogP contribution in [0.3, 0.4) is 0 Å². The summed E-state index contributed by atoms with van der Waals surface area (Å²) in [6.45, 7) is 2.02. The lowest BCUT2D eigenvalue weighted by Gasteiger charge is -2.26. The van der Waals surface area contributed by atoms with Crippen LogP contribution >= 0.6 is 0 Å². The van der Waals surface area contributed by atoms with Crippen molar-refractivity contribution in [1.29, 1.82) is 0 Å². The van der Waals surface area contributed by atoms with Gasteiger partial charge < -0.3 is 20.5 Å². The number of hydrogen-bond acceptors (Lipinski definition) is 3. The highest BCUT2D eigenvalue weighted by Gasteiger charge is 2.21. The van der Waals surface area contributed by atoms with Crippen LogP contribution in [-0.4, -0.2) is 43.0 Å². The third-order valence-corrected chi connectivity index (χ3v) is 3.57. The van der Waals surface area contributed by atoms with E-state index in [1.54, 1.807) is 0 Å². The van der Waals surface area contributed by atoms with Gasteiger partial charge >= 0.3 is 6.03 Å². The molecule has 0 radical (unpaired) electrons. The van der Waals surface area contributed by atoms with Crippen molar-refractivity contribution in [3.05, 3.63) is 0 Å². The number of carbonyl (C=O) groups excluding carboxylic acids is 1. The van der Waals surface area contributed by atoms with Crippen LogP contribution < -0.4 is 10.6 Å². The Morgan fingerprint density at radius 1 is 1.35 bits per heavy atom. The van der Waals surface area contributed by atoms with E-state index in [0.717, 1.165) is 38.7 Å². The number of urea groups is 1. The predicted octanol–water partition coefficient (Wildman–Crippen LogP) is 0.626. The van der Waals surface area contributed by atoms with E-state index in [1.807, 2.05) is 0 Å². The molecule has 3 unspecified atom stereocenters. The third kappa shape index (κ3) is 4.16. The molecule has 2 rings (SSSR count). The summed E-state index contributed by atoms with van der Waals surface area (Å²) in [6.07, 6.45) is 4.60. The van der Waals surface area contributed by atoms with Gasteiger partial charge in [-0.25, -0.2) is 4.79 Å². The number of nitrogens with one attached hydrogen (secondary N) is 2. The lowest BCUT2D eigenvalue weighted by atomic mass is 9.87. The molecule has 1 saturated heterocycles. The molecule has 5 heteroatoms. The average Bonchev–Trinajstić information content (AvgIpc) is 2.79. The Morgan fingerprint density at radius 2 is 2.24 bits per heavy atom. The number of hydrogen-bond donors (Lipinski definition) is 3. The summed E-state index contributed by atoms with van der Waals surface area (Å²) in [7, 11) is 0. The Balaban J connectivity index is 1.61. The molecule has 1 heterocycles. The maximum absolute atomic E-state index is 11.6. The van der Waals surface area contributed by atoms with Gasteiger partial charge in [0.2, 0.25) is 0 Å². The number of amides is 2. The maximum Gasteiger partial charge on any atom is 0.315 e. The van der Waals surface area contributed by atoms with Crippen molar-refractivity contribution < 1.29 is 14.6 Å². The summed E-state index contributed by atoms with van der Waals surface area (Å²) in [5.41, 5.74) is 0. The topological polar surface area (TPSA) is 70.6 Å². The normalized spacial score (nSPS) is 33.4. The summed E-state index contributed by atoms with van der Waals surface area (Å²) in [5.74, 6) is 0.421. The largest absolute Gasteiger partial charge is 0.393 e. The van der Waals surface area contributed by atoms with Gasteiger partial charge in [-0.3, -0.25) is 0 Å². The Hall–Kier alpha value is -0.810. The molecule has 2 fully saturated rings. The minimum Gasteiger partial charge on any atom is -0.393 e. The molecule has 0 aromatic carbocycles. The van der Waals surface area contributed by atoms with Gasteiger partial charge in [0.1, 0.15) is 0 Å². The van der Waals surface area contributed by atoms with Crippen LogP contribution in [0.1, 0.15) is 32.1 Å². The molecule has 0 aromatic heterocycles. The first-order chi connectivity index (χ1) is 8.24. The molecule has 3 atom stereocenters. The third-order valence-electron chi connectivity index (χ3n) is 3.57. The molecule has 1 saturated carbocycles. The molecule has 0 spiro atoms. The molecule has 98 valence electrons. The van der Waals surface area contributed by atoms with Crippen molar-refractivity contribution >= 4 is 6.03 Å². The zero-order valence-electron chi connectivity index (χ0n) is 10.2. The molecule has 1 aliphatic heterocycles. The molecular weight excluding hydrogens is 220 g/mol. The number of aliphatic hydroxyl groups excluding tert-OH is 1. The van der Waals surface area contributed by atoms with E-state index >= 15 is 0 Å². The van der Waals surface area contributed by atoms with Crippen molar-refractivity contribution in [2.24, 2.45) is 5.92 Å². The van der Waals surface area contributed by atoms with Gasteiger partial charge in [-0.2, -0.15) is 0 Å². The minimum atomic E-state index is -0.179. The highest BCUT2D eigenvalue weighted by molar-refractivity contribution is 5.74. The van der Waals surface area contributed by atoms with E-state index < -0.39 is 0 Å². The van der Waals surface area contributed by atoms with Crippen LogP contribution in [0.4, 0.5) is 4.79 Å². The Bertz CT molecular complexity index is 254. The van der Waals surface area contributed by atoms with E-state index in [9.17, 15) is 9.90 Å². The van der Waals surface area contributed by atoms with Gasteiger partial charge in [-0.05, 0) is 31.6 Å². The van der Waals surface area contributed by atoms with Crippen LogP contribution in [-0.2, 0) is 4.74 Å². The maximum atomic E-state index is 11.6. The van der Waals surface area contributed by atoms with Crippen LogP contribution in [0.15, 0.2) is 0 Å². The summed E-state index contributed by atoms with van der Waals surface area (Å²) in [6, 6.07) is 0.0486. The van der Waals surface area contributed by atoms with Crippen molar-refractivity contribution in [3.63, 3.8) is 0 Å². The molecule has 5 nitrogen and oxygen atoms in total. The average molecular weight is 242 g/mol. The van der Waals surface area contributed by atoms with Crippen LogP contribution in [0, 0.1) is 5.92 Å². The summed E-state index contributed by atoms with van der Waals surface area (Å²) >= 11 is 0. The molecule has 0 aromatic rings. The smallest absolute Gasteiger partial charge is 0.315 e. The summed E-state index contributed by atoms with van der Waals surface area (Å²) < 4.78 is 5.19. The SMILES string of the molecule is O=C(NCC1CCCC(O)C1)NC1CCOC1. The zero-order chi connectivity index (χ0) is 12.1. The lowest BCUT2D eigenvalue weighted by Crippen LogP contribution is -2.44. The van der Waals surface area contributed by atoms with Gasteiger partial charge in [-0.1, -0.05) is 6.42 Å². The van der Waals surface area contributed by atoms with Gasteiger partial charge in [0.05, 0.1) is 18.8 Å². The van der Waals surface area contributed by atoms with Gasteiger partial charge in [0.15, 0.2) is 0 Å². The van der Waals surface area contributed by atoms with Crippen molar-refractivity contribution in [1.82, 2.24) is 10.6 Å². The van der Waals surface area contributed by atoms with Crippen molar-refractivity contribution in [2.75, 3.05) is 19.8 Å². The van der Waals surface area contributed by atoms with Gasteiger partial charge in [0, 0.05) is 13.2 Å². The highest BCUT2D eigenvalue weighted by atomic mass is 16.5. The number of aliphatic hydroxyl groups is 1. The van der Waals surface area contributed by atoms with E-state index in [-0.39, 0.29) is 18.2 Å².